The van der Waals surface area contributed by atoms with E-state index in [2.05, 4.69) is 65.2 Å². The number of rotatable bonds is 8. The highest BCUT2D eigenvalue weighted by Crippen LogP contribution is 2.45. The van der Waals surface area contributed by atoms with Gasteiger partial charge in [0.05, 0.1) is 0 Å². The Balaban J connectivity index is 2.20. The lowest BCUT2D eigenvalue weighted by Crippen LogP contribution is -2.62. The second-order valence-electron chi connectivity index (χ2n) is 9.68. The molecule has 2 bridgehead atoms. The van der Waals surface area contributed by atoms with Crippen LogP contribution in [0.4, 0.5) is 0 Å². The standard InChI is InChI=1S/C22H44N2/c1-9-14-22(8,11-3)24-18-12-13-19(24)16-20(15-18)23(17(4)5)21(6,7)10-2/h17-20H,9-16H2,1-8H3. The first-order chi connectivity index (χ1) is 11.2. The van der Waals surface area contributed by atoms with Crippen molar-refractivity contribution in [2.24, 2.45) is 0 Å². The Hall–Kier alpha value is -0.0800. The monoisotopic (exact) mass is 336 g/mol. The molecule has 0 spiro atoms. The fourth-order valence-electron chi connectivity index (χ4n) is 6.08. The molecule has 2 heterocycles. The van der Waals surface area contributed by atoms with Crippen LogP contribution < -0.4 is 0 Å². The van der Waals surface area contributed by atoms with E-state index in [1.165, 1.54) is 51.4 Å². The topological polar surface area (TPSA) is 6.48 Å². The van der Waals surface area contributed by atoms with E-state index in [1.54, 1.807) is 0 Å². The lowest BCUT2D eigenvalue weighted by atomic mass is 9.82. The van der Waals surface area contributed by atoms with E-state index >= 15 is 0 Å². The van der Waals surface area contributed by atoms with Crippen LogP contribution >= 0.6 is 0 Å². The zero-order chi connectivity index (χ0) is 18.1. The molecule has 142 valence electrons. The summed E-state index contributed by atoms with van der Waals surface area (Å²) in [4.78, 5) is 5.84. The van der Waals surface area contributed by atoms with Crippen molar-refractivity contribution < 1.29 is 0 Å². The quantitative estimate of drug-likeness (QED) is 0.548. The van der Waals surface area contributed by atoms with Gasteiger partial charge in [-0.3, -0.25) is 9.80 Å². The minimum absolute atomic E-state index is 0.317. The van der Waals surface area contributed by atoms with Crippen molar-refractivity contribution in [2.75, 3.05) is 0 Å². The second-order valence-corrected chi connectivity index (χ2v) is 9.68. The van der Waals surface area contributed by atoms with E-state index in [4.69, 9.17) is 0 Å². The molecule has 24 heavy (non-hydrogen) atoms. The first-order valence-corrected chi connectivity index (χ1v) is 10.8. The largest absolute Gasteiger partial charge is 0.293 e. The first-order valence-electron chi connectivity index (χ1n) is 10.8. The molecule has 0 N–H and O–H groups in total. The van der Waals surface area contributed by atoms with E-state index in [0.29, 0.717) is 17.1 Å². The van der Waals surface area contributed by atoms with E-state index < -0.39 is 0 Å². The lowest BCUT2D eigenvalue weighted by molar-refractivity contribution is -0.0535. The van der Waals surface area contributed by atoms with Crippen LogP contribution in [-0.2, 0) is 0 Å². The smallest absolute Gasteiger partial charge is 0.0184 e. The van der Waals surface area contributed by atoms with Crippen molar-refractivity contribution in [2.45, 2.75) is 142 Å². The number of hydrogen-bond acceptors (Lipinski definition) is 2. The molecule has 3 unspecified atom stereocenters. The molecular weight excluding hydrogens is 292 g/mol. The normalized spacial score (nSPS) is 31.0. The molecule has 2 fully saturated rings. The fraction of sp³-hybridized carbons (Fsp3) is 1.00. The summed E-state index contributed by atoms with van der Waals surface area (Å²) in [6.45, 7) is 19.4. The van der Waals surface area contributed by atoms with Crippen molar-refractivity contribution in [3.63, 3.8) is 0 Å². The Morgan fingerprint density at radius 3 is 1.88 bits per heavy atom. The summed E-state index contributed by atoms with van der Waals surface area (Å²) in [6.07, 6.45) is 10.8. The molecule has 2 heteroatoms. The molecule has 0 aromatic rings. The molecule has 0 aromatic heterocycles. The van der Waals surface area contributed by atoms with Crippen LogP contribution in [-0.4, -0.2) is 45.0 Å². The van der Waals surface area contributed by atoms with Gasteiger partial charge in [0.25, 0.3) is 0 Å². The molecule has 3 atom stereocenters. The summed E-state index contributed by atoms with van der Waals surface area (Å²) < 4.78 is 0. The highest BCUT2D eigenvalue weighted by molar-refractivity contribution is 5.06. The van der Waals surface area contributed by atoms with Crippen molar-refractivity contribution in [1.29, 1.82) is 0 Å². The highest BCUT2D eigenvalue weighted by Gasteiger charge is 2.50. The van der Waals surface area contributed by atoms with Gasteiger partial charge >= 0.3 is 0 Å². The van der Waals surface area contributed by atoms with Crippen LogP contribution in [0.2, 0.25) is 0 Å². The van der Waals surface area contributed by atoms with Crippen molar-refractivity contribution in [3.05, 3.63) is 0 Å². The lowest BCUT2D eigenvalue weighted by Gasteiger charge is -2.55. The Morgan fingerprint density at radius 1 is 0.958 bits per heavy atom. The van der Waals surface area contributed by atoms with E-state index in [0.717, 1.165) is 18.1 Å². The Kier molecular flexibility index (Phi) is 6.46. The van der Waals surface area contributed by atoms with E-state index in [-0.39, 0.29) is 0 Å². The van der Waals surface area contributed by atoms with Gasteiger partial charge in [-0.25, -0.2) is 0 Å². The van der Waals surface area contributed by atoms with Crippen molar-refractivity contribution in [3.8, 4) is 0 Å². The van der Waals surface area contributed by atoms with Gasteiger partial charge in [-0.1, -0.05) is 27.2 Å². The third kappa shape index (κ3) is 3.70. The van der Waals surface area contributed by atoms with Crippen LogP contribution in [0.1, 0.15) is 107 Å². The molecule has 0 radical (unpaired) electrons. The Bertz CT molecular complexity index is 389. The molecule has 0 aromatic carbocycles. The summed E-state index contributed by atoms with van der Waals surface area (Å²) in [7, 11) is 0. The van der Waals surface area contributed by atoms with Crippen LogP contribution in [0, 0.1) is 0 Å². The van der Waals surface area contributed by atoms with E-state index in [1.807, 2.05) is 0 Å². The van der Waals surface area contributed by atoms with E-state index in [9.17, 15) is 0 Å². The van der Waals surface area contributed by atoms with Crippen LogP contribution in [0.15, 0.2) is 0 Å². The summed E-state index contributed by atoms with van der Waals surface area (Å²) in [6, 6.07) is 3.05. The SMILES string of the molecule is CCCC(C)(CC)N1C2CCC1CC(N(C(C)C)C(C)(C)CC)C2. The summed E-state index contributed by atoms with van der Waals surface area (Å²) in [5.74, 6) is 0. The van der Waals surface area contributed by atoms with Crippen molar-refractivity contribution >= 4 is 0 Å². The predicted octanol–water partition coefficient (Wildman–Crippen LogP) is 5.85. The molecule has 0 saturated carbocycles. The Labute approximate surface area is 152 Å². The molecule has 2 nitrogen and oxygen atoms in total. The molecule has 2 saturated heterocycles. The molecule has 2 rings (SSSR count). The van der Waals surface area contributed by atoms with Gasteiger partial charge in [-0.15, -0.1) is 0 Å². The van der Waals surface area contributed by atoms with Gasteiger partial charge < -0.3 is 0 Å². The first kappa shape index (κ1) is 20.2. The van der Waals surface area contributed by atoms with Crippen LogP contribution in [0.5, 0.6) is 0 Å². The average molecular weight is 337 g/mol. The maximum absolute atomic E-state index is 2.98. The van der Waals surface area contributed by atoms with Gasteiger partial charge in [0.2, 0.25) is 0 Å². The molecule has 2 aliphatic rings. The molecule has 0 amide bonds. The van der Waals surface area contributed by atoms with Gasteiger partial charge in [0.1, 0.15) is 0 Å². The molecular formula is C22H44N2. The molecule has 0 aliphatic carbocycles. The zero-order valence-electron chi connectivity index (χ0n) is 17.9. The fourth-order valence-corrected chi connectivity index (χ4v) is 6.08. The minimum Gasteiger partial charge on any atom is -0.293 e. The Morgan fingerprint density at radius 2 is 1.50 bits per heavy atom. The number of hydrogen-bond donors (Lipinski definition) is 0. The number of fused-ring (bicyclic) bond motifs is 2. The predicted molar refractivity (Wildman–Crippen MR) is 107 cm³/mol. The second kappa shape index (κ2) is 7.66. The molecule has 2 aliphatic heterocycles. The maximum atomic E-state index is 2.98. The van der Waals surface area contributed by atoms with Crippen LogP contribution in [0.25, 0.3) is 0 Å². The summed E-state index contributed by atoms with van der Waals surface area (Å²) in [5.41, 5.74) is 0.742. The summed E-state index contributed by atoms with van der Waals surface area (Å²) >= 11 is 0. The van der Waals surface area contributed by atoms with Crippen LogP contribution in [0.3, 0.4) is 0 Å². The number of piperidine rings is 1. The van der Waals surface area contributed by atoms with Crippen molar-refractivity contribution in [1.82, 2.24) is 9.80 Å². The minimum atomic E-state index is 0.317. The van der Waals surface area contributed by atoms with Gasteiger partial charge in [0.15, 0.2) is 0 Å². The average Bonchev–Trinajstić information content (AvgIpc) is 2.79. The van der Waals surface area contributed by atoms with Gasteiger partial charge in [-0.2, -0.15) is 0 Å². The third-order valence-corrected chi connectivity index (χ3v) is 7.40. The number of nitrogens with zero attached hydrogens (tertiary/aromatic N) is 2. The summed E-state index contributed by atoms with van der Waals surface area (Å²) in [5, 5.41) is 0. The zero-order valence-corrected chi connectivity index (χ0v) is 17.9. The third-order valence-electron chi connectivity index (χ3n) is 7.40. The van der Waals surface area contributed by atoms with Gasteiger partial charge in [-0.05, 0) is 79.6 Å². The highest BCUT2D eigenvalue weighted by atomic mass is 15.3. The maximum Gasteiger partial charge on any atom is 0.0184 e. The van der Waals surface area contributed by atoms with Gasteiger partial charge in [0, 0.05) is 35.2 Å².